The molecule has 0 aromatic heterocycles. The average molecular weight is 201 g/mol. The molecule has 1 N–H and O–H groups in total. The van der Waals surface area contributed by atoms with Gasteiger partial charge in [-0.1, -0.05) is 24.8 Å². The first-order valence-electron chi connectivity index (χ1n) is 4.37. The molecule has 0 unspecified atom stereocenters. The fourth-order valence-electron chi connectivity index (χ4n) is 1.57. The molecule has 1 aliphatic rings. The highest BCUT2D eigenvalue weighted by Gasteiger charge is 2.14. The third-order valence-electron chi connectivity index (χ3n) is 2.35. The first-order chi connectivity index (χ1) is 6.74. The van der Waals surface area contributed by atoms with Gasteiger partial charge in [-0.3, -0.25) is 0 Å². The van der Waals surface area contributed by atoms with E-state index in [9.17, 15) is 0 Å². The third-order valence-corrected chi connectivity index (χ3v) is 3.15. The van der Waals surface area contributed by atoms with Gasteiger partial charge in [-0.15, -0.1) is 11.8 Å². The summed E-state index contributed by atoms with van der Waals surface area (Å²) in [5.74, 6) is 0. The summed E-state index contributed by atoms with van der Waals surface area (Å²) >= 11 is 1.72. The molecule has 1 aliphatic carbocycles. The molecule has 70 valence electrons. The summed E-state index contributed by atoms with van der Waals surface area (Å²) in [6, 6.07) is 6.13. The maximum atomic E-state index is 7.66. The molecule has 14 heavy (non-hydrogen) atoms. The Labute approximate surface area is 88.0 Å². The highest BCUT2D eigenvalue weighted by atomic mass is 32.2. The van der Waals surface area contributed by atoms with Crippen LogP contribution in [0.1, 0.15) is 11.1 Å². The Kier molecular flexibility index (Phi) is 2.30. The maximum Gasteiger partial charge on any atom is 0.0612 e. The van der Waals surface area contributed by atoms with E-state index in [1.54, 1.807) is 11.8 Å². The highest BCUT2D eigenvalue weighted by Crippen LogP contribution is 2.32. The Morgan fingerprint density at radius 3 is 2.79 bits per heavy atom. The predicted octanol–water partition coefficient (Wildman–Crippen LogP) is 3.47. The van der Waals surface area contributed by atoms with Gasteiger partial charge in [0, 0.05) is 10.5 Å². The first kappa shape index (κ1) is 9.28. The van der Waals surface area contributed by atoms with E-state index in [4.69, 9.17) is 5.41 Å². The van der Waals surface area contributed by atoms with Gasteiger partial charge in [0.25, 0.3) is 0 Å². The van der Waals surface area contributed by atoms with Crippen LogP contribution in [0.5, 0.6) is 0 Å². The van der Waals surface area contributed by atoms with Crippen molar-refractivity contribution < 1.29 is 0 Å². The van der Waals surface area contributed by atoms with Crippen LogP contribution in [0.2, 0.25) is 0 Å². The Morgan fingerprint density at radius 1 is 1.29 bits per heavy atom. The molecule has 1 aromatic rings. The van der Waals surface area contributed by atoms with Crippen LogP contribution in [0, 0.1) is 5.41 Å². The van der Waals surface area contributed by atoms with Crippen molar-refractivity contribution in [2.75, 3.05) is 6.26 Å². The second-order valence-electron chi connectivity index (χ2n) is 3.15. The summed E-state index contributed by atoms with van der Waals surface area (Å²) in [5.41, 5.74) is 3.61. The minimum Gasteiger partial charge on any atom is -0.300 e. The second-order valence-corrected chi connectivity index (χ2v) is 4.00. The monoisotopic (exact) mass is 201 g/mol. The molecular weight excluding hydrogens is 190 g/mol. The van der Waals surface area contributed by atoms with Crippen molar-refractivity contribution in [1.29, 1.82) is 5.41 Å². The zero-order valence-electron chi connectivity index (χ0n) is 8.00. The fourth-order valence-corrected chi connectivity index (χ4v) is 2.18. The largest absolute Gasteiger partial charge is 0.300 e. The van der Waals surface area contributed by atoms with Gasteiger partial charge in [-0.05, 0) is 29.5 Å². The van der Waals surface area contributed by atoms with Crippen molar-refractivity contribution in [2.45, 2.75) is 4.90 Å². The summed E-state index contributed by atoms with van der Waals surface area (Å²) < 4.78 is 0. The highest BCUT2D eigenvalue weighted by molar-refractivity contribution is 7.98. The molecule has 0 heterocycles. The standard InChI is InChI=1S/C12H11NS/c1-8-9-4-3-5-12(14-2)10(9)6-7-11(8)13/h3-7,13H,1H2,2H3. The van der Waals surface area contributed by atoms with Crippen molar-refractivity contribution in [3.63, 3.8) is 0 Å². The lowest BCUT2D eigenvalue weighted by molar-refractivity contribution is 1.39. The van der Waals surface area contributed by atoms with Gasteiger partial charge in [0.1, 0.15) is 0 Å². The molecule has 2 heteroatoms. The Morgan fingerprint density at radius 2 is 2.07 bits per heavy atom. The lowest BCUT2D eigenvalue weighted by Crippen LogP contribution is -2.03. The molecule has 0 saturated heterocycles. The fraction of sp³-hybridized carbons (Fsp3) is 0.0833. The number of rotatable bonds is 1. The van der Waals surface area contributed by atoms with Crippen molar-refractivity contribution >= 4 is 29.1 Å². The number of fused-ring (bicyclic) bond motifs is 1. The van der Waals surface area contributed by atoms with Crippen molar-refractivity contribution in [2.24, 2.45) is 0 Å². The average Bonchev–Trinajstić information content (AvgIpc) is 2.23. The smallest absolute Gasteiger partial charge is 0.0612 e. The second kappa shape index (κ2) is 3.46. The molecule has 0 saturated carbocycles. The molecule has 0 amide bonds. The number of thioether (sulfide) groups is 1. The van der Waals surface area contributed by atoms with E-state index in [1.807, 2.05) is 24.3 Å². The minimum absolute atomic E-state index is 0.510. The van der Waals surface area contributed by atoms with Gasteiger partial charge in [0.2, 0.25) is 0 Å². The van der Waals surface area contributed by atoms with Gasteiger partial charge < -0.3 is 5.41 Å². The number of benzene rings is 1. The molecule has 0 fully saturated rings. The van der Waals surface area contributed by atoms with Crippen LogP contribution in [0.25, 0.3) is 11.6 Å². The van der Waals surface area contributed by atoms with Crippen LogP contribution in [-0.4, -0.2) is 12.0 Å². The maximum absolute atomic E-state index is 7.66. The summed E-state index contributed by atoms with van der Waals surface area (Å²) in [6.07, 6.45) is 5.87. The van der Waals surface area contributed by atoms with Crippen LogP contribution >= 0.6 is 11.8 Å². The molecule has 0 aliphatic heterocycles. The molecular formula is C12H11NS. The summed E-state index contributed by atoms with van der Waals surface area (Å²) in [7, 11) is 0. The first-order valence-corrected chi connectivity index (χ1v) is 5.60. The number of nitrogens with one attached hydrogen (secondary N) is 1. The number of hydrogen-bond donors (Lipinski definition) is 1. The molecule has 1 aromatic carbocycles. The van der Waals surface area contributed by atoms with Gasteiger partial charge in [-0.25, -0.2) is 0 Å². The normalized spacial score (nSPS) is 14.4. The third kappa shape index (κ3) is 1.32. The molecule has 0 atom stereocenters. The number of allylic oxidation sites excluding steroid dienone is 2. The van der Waals surface area contributed by atoms with Crippen LogP contribution < -0.4 is 0 Å². The van der Waals surface area contributed by atoms with Crippen LogP contribution in [0.4, 0.5) is 0 Å². The van der Waals surface area contributed by atoms with E-state index in [0.29, 0.717) is 5.71 Å². The van der Waals surface area contributed by atoms with Gasteiger partial charge >= 0.3 is 0 Å². The molecule has 1 nitrogen and oxygen atoms in total. The topological polar surface area (TPSA) is 23.9 Å². The van der Waals surface area contributed by atoms with E-state index in [0.717, 1.165) is 11.1 Å². The van der Waals surface area contributed by atoms with E-state index in [1.165, 1.54) is 10.5 Å². The lowest BCUT2D eigenvalue weighted by Gasteiger charge is -2.16. The molecule has 2 rings (SSSR count). The van der Waals surface area contributed by atoms with E-state index in [-0.39, 0.29) is 0 Å². The zero-order valence-corrected chi connectivity index (χ0v) is 8.82. The van der Waals surface area contributed by atoms with Crippen LogP contribution in [-0.2, 0) is 0 Å². The Balaban J connectivity index is 2.67. The minimum atomic E-state index is 0.510. The van der Waals surface area contributed by atoms with Crippen molar-refractivity contribution in [3.8, 4) is 0 Å². The van der Waals surface area contributed by atoms with Crippen molar-refractivity contribution in [3.05, 3.63) is 42.0 Å². The lowest BCUT2D eigenvalue weighted by atomic mass is 9.92. The van der Waals surface area contributed by atoms with E-state index < -0.39 is 0 Å². The Hall–Kier alpha value is -1.28. The van der Waals surface area contributed by atoms with E-state index in [2.05, 4.69) is 18.9 Å². The number of hydrogen-bond acceptors (Lipinski definition) is 2. The molecule has 0 spiro atoms. The zero-order chi connectivity index (χ0) is 10.1. The van der Waals surface area contributed by atoms with Crippen LogP contribution in [0.3, 0.4) is 0 Å². The van der Waals surface area contributed by atoms with Crippen LogP contribution in [0.15, 0.2) is 35.7 Å². The summed E-state index contributed by atoms with van der Waals surface area (Å²) in [5, 5.41) is 7.66. The molecule has 0 bridgehead atoms. The summed E-state index contributed by atoms with van der Waals surface area (Å²) in [4.78, 5) is 1.24. The van der Waals surface area contributed by atoms with Gasteiger partial charge in [0.15, 0.2) is 0 Å². The van der Waals surface area contributed by atoms with Gasteiger partial charge in [-0.2, -0.15) is 0 Å². The van der Waals surface area contributed by atoms with Gasteiger partial charge in [0.05, 0.1) is 5.71 Å². The van der Waals surface area contributed by atoms with E-state index >= 15 is 0 Å². The SMILES string of the molecule is C=C1C(=N)C=Cc2c(SC)cccc21. The predicted molar refractivity (Wildman–Crippen MR) is 64.0 cm³/mol. The molecule has 0 radical (unpaired) electrons. The summed E-state index contributed by atoms with van der Waals surface area (Å²) in [6.45, 7) is 3.93. The quantitative estimate of drug-likeness (QED) is 0.691. The van der Waals surface area contributed by atoms with Crippen molar-refractivity contribution in [1.82, 2.24) is 0 Å². The Bertz CT molecular complexity index is 444.